The number of fused-ring (bicyclic) bond motifs is 5. The maximum Gasteiger partial charge on any atom is 0.123 e. The van der Waals surface area contributed by atoms with E-state index < -0.39 is 0 Å². The zero-order valence-electron chi connectivity index (χ0n) is 18.1. The van der Waals surface area contributed by atoms with Crippen LogP contribution >= 0.6 is 11.3 Å². The van der Waals surface area contributed by atoms with Gasteiger partial charge >= 0.3 is 0 Å². The molecule has 0 aliphatic carbocycles. The van der Waals surface area contributed by atoms with Crippen LogP contribution in [0.1, 0.15) is 43.6 Å². The van der Waals surface area contributed by atoms with Crippen LogP contribution in [0.3, 0.4) is 0 Å². The zero-order chi connectivity index (χ0) is 20.9. The summed E-state index contributed by atoms with van der Waals surface area (Å²) in [6, 6.07) is 13.7. The van der Waals surface area contributed by atoms with Gasteiger partial charge in [-0.3, -0.25) is 4.90 Å². The van der Waals surface area contributed by atoms with Crippen LogP contribution in [0, 0.1) is 0 Å². The number of hydrogen-bond acceptors (Lipinski definition) is 5. The monoisotopic (exact) mass is 433 g/mol. The van der Waals surface area contributed by atoms with E-state index in [0.717, 1.165) is 62.6 Å². The van der Waals surface area contributed by atoms with Crippen LogP contribution in [0.5, 0.6) is 17.2 Å². The maximum absolute atomic E-state index is 5.72. The van der Waals surface area contributed by atoms with Crippen molar-refractivity contribution in [2.75, 3.05) is 27.4 Å². The van der Waals surface area contributed by atoms with Crippen molar-refractivity contribution in [2.24, 2.45) is 0 Å². The molecule has 0 saturated heterocycles. The molecule has 31 heavy (non-hydrogen) atoms. The Kier molecular flexibility index (Phi) is 4.69. The summed E-state index contributed by atoms with van der Waals surface area (Å²) in [6.07, 6.45) is 4.16. The molecule has 0 saturated carbocycles. The summed E-state index contributed by atoms with van der Waals surface area (Å²) < 4.78 is 17.1. The first kappa shape index (κ1) is 19.2. The zero-order valence-corrected chi connectivity index (χ0v) is 18.9. The molecule has 0 radical (unpaired) electrons. The van der Waals surface area contributed by atoms with Crippen molar-refractivity contribution in [1.82, 2.24) is 4.90 Å². The summed E-state index contributed by atoms with van der Waals surface area (Å²) in [5.41, 5.74) is 6.86. The van der Waals surface area contributed by atoms with Gasteiger partial charge in [0, 0.05) is 52.9 Å². The molecule has 2 aromatic carbocycles. The van der Waals surface area contributed by atoms with Crippen molar-refractivity contribution in [3.05, 3.63) is 74.0 Å². The number of hydrogen-bond donors (Lipinski definition) is 0. The van der Waals surface area contributed by atoms with E-state index in [2.05, 4.69) is 29.2 Å². The molecule has 160 valence electrons. The third-order valence-electron chi connectivity index (χ3n) is 6.99. The Hall–Kier alpha value is -2.50. The van der Waals surface area contributed by atoms with E-state index in [4.69, 9.17) is 14.2 Å². The van der Waals surface area contributed by atoms with Crippen LogP contribution in [0.4, 0.5) is 0 Å². The first-order chi connectivity index (χ1) is 15.2. The van der Waals surface area contributed by atoms with Gasteiger partial charge in [-0.15, -0.1) is 11.3 Å². The van der Waals surface area contributed by atoms with E-state index in [-0.39, 0.29) is 0 Å². The second kappa shape index (κ2) is 7.57. The van der Waals surface area contributed by atoms with Crippen molar-refractivity contribution in [1.29, 1.82) is 0 Å². The van der Waals surface area contributed by atoms with Crippen LogP contribution in [0.25, 0.3) is 0 Å². The average molecular weight is 434 g/mol. The van der Waals surface area contributed by atoms with Crippen molar-refractivity contribution >= 4 is 11.3 Å². The minimum atomic E-state index is 0.427. The van der Waals surface area contributed by atoms with Crippen LogP contribution in [-0.2, 0) is 32.2 Å². The standard InChI is InChI=1S/C26H27NO3S/c1-28-24-5-6-25(29-2)21-15-27-9-7-26-20(22(27)14-19(21)24)13-18(31-26)12-16-3-4-23-17(11-16)8-10-30-23/h3-6,11,13,22H,7-10,12,14-15H2,1-2H3. The lowest BCUT2D eigenvalue weighted by Gasteiger charge is -2.41. The highest BCUT2D eigenvalue weighted by molar-refractivity contribution is 7.12. The highest BCUT2D eigenvalue weighted by atomic mass is 32.1. The number of methoxy groups -OCH3 is 2. The summed E-state index contributed by atoms with van der Waals surface area (Å²) in [5.74, 6) is 3.03. The molecule has 0 spiro atoms. The molecule has 0 bridgehead atoms. The Balaban J connectivity index is 1.31. The third kappa shape index (κ3) is 3.22. The molecular formula is C26H27NO3S. The molecule has 1 aromatic heterocycles. The SMILES string of the molecule is COc1ccc(OC)c2c1CC1c3cc(Cc4ccc5c(c4)CCO5)sc3CCN1C2. The van der Waals surface area contributed by atoms with Crippen LogP contribution < -0.4 is 14.2 Å². The molecule has 0 fully saturated rings. The molecule has 6 rings (SSSR count). The van der Waals surface area contributed by atoms with Crippen molar-refractivity contribution < 1.29 is 14.2 Å². The molecular weight excluding hydrogens is 406 g/mol. The topological polar surface area (TPSA) is 30.9 Å². The lowest BCUT2D eigenvalue weighted by Crippen LogP contribution is -2.39. The number of nitrogens with zero attached hydrogens (tertiary/aromatic N) is 1. The van der Waals surface area contributed by atoms with Gasteiger partial charge in [-0.2, -0.15) is 0 Å². The normalized spacial score (nSPS) is 19.1. The van der Waals surface area contributed by atoms with Gasteiger partial charge in [0.25, 0.3) is 0 Å². The number of rotatable bonds is 4. The van der Waals surface area contributed by atoms with E-state index in [1.807, 2.05) is 23.5 Å². The van der Waals surface area contributed by atoms with Gasteiger partial charge < -0.3 is 14.2 Å². The minimum absolute atomic E-state index is 0.427. The van der Waals surface area contributed by atoms with Crippen molar-refractivity contribution in [3.63, 3.8) is 0 Å². The van der Waals surface area contributed by atoms with Gasteiger partial charge in [0.1, 0.15) is 17.2 Å². The smallest absolute Gasteiger partial charge is 0.123 e. The first-order valence-corrected chi connectivity index (χ1v) is 11.9. The Morgan fingerprint density at radius 2 is 1.87 bits per heavy atom. The van der Waals surface area contributed by atoms with Crippen LogP contribution in [0.15, 0.2) is 36.4 Å². The Labute approximate surface area is 187 Å². The largest absolute Gasteiger partial charge is 0.496 e. The molecule has 5 heteroatoms. The number of benzene rings is 2. The van der Waals surface area contributed by atoms with Crippen LogP contribution in [-0.4, -0.2) is 32.3 Å². The van der Waals surface area contributed by atoms with Crippen molar-refractivity contribution in [3.8, 4) is 17.2 Å². The second-order valence-electron chi connectivity index (χ2n) is 8.68. The predicted molar refractivity (Wildman–Crippen MR) is 123 cm³/mol. The lowest BCUT2D eigenvalue weighted by molar-refractivity contribution is 0.158. The Morgan fingerprint density at radius 1 is 1.03 bits per heavy atom. The summed E-state index contributed by atoms with van der Waals surface area (Å²) >= 11 is 2.00. The number of thiophene rings is 1. The molecule has 0 N–H and O–H groups in total. The van der Waals surface area contributed by atoms with Gasteiger partial charge in [-0.05, 0) is 53.8 Å². The van der Waals surface area contributed by atoms with Gasteiger partial charge in [0.2, 0.25) is 0 Å². The maximum atomic E-state index is 5.72. The third-order valence-corrected chi connectivity index (χ3v) is 8.21. The molecule has 4 nitrogen and oxygen atoms in total. The van der Waals surface area contributed by atoms with Crippen LogP contribution in [0.2, 0.25) is 0 Å². The molecule has 3 aliphatic rings. The Bertz CT molecular complexity index is 1150. The summed E-state index contributed by atoms with van der Waals surface area (Å²) in [5, 5.41) is 0. The molecule has 4 heterocycles. The van der Waals surface area contributed by atoms with E-state index >= 15 is 0 Å². The lowest BCUT2D eigenvalue weighted by atomic mass is 9.86. The molecule has 1 atom stereocenters. The summed E-state index contributed by atoms with van der Waals surface area (Å²) in [4.78, 5) is 5.65. The van der Waals surface area contributed by atoms with Gasteiger partial charge in [-0.1, -0.05) is 12.1 Å². The fourth-order valence-electron chi connectivity index (χ4n) is 5.47. The summed E-state index contributed by atoms with van der Waals surface area (Å²) in [7, 11) is 3.53. The highest BCUT2D eigenvalue weighted by Gasteiger charge is 2.36. The average Bonchev–Trinajstić information content (AvgIpc) is 3.43. The van der Waals surface area contributed by atoms with Gasteiger partial charge in [0.05, 0.1) is 20.8 Å². The molecule has 1 unspecified atom stereocenters. The minimum Gasteiger partial charge on any atom is -0.496 e. The van der Waals surface area contributed by atoms with E-state index in [1.54, 1.807) is 19.1 Å². The van der Waals surface area contributed by atoms with Crippen molar-refractivity contribution in [2.45, 2.75) is 38.3 Å². The van der Waals surface area contributed by atoms with Gasteiger partial charge in [0.15, 0.2) is 0 Å². The quantitative estimate of drug-likeness (QED) is 0.583. The second-order valence-corrected chi connectivity index (χ2v) is 9.90. The Morgan fingerprint density at radius 3 is 2.71 bits per heavy atom. The van der Waals surface area contributed by atoms with Gasteiger partial charge in [-0.25, -0.2) is 0 Å². The van der Waals surface area contributed by atoms with E-state index in [1.165, 1.54) is 32.7 Å². The summed E-state index contributed by atoms with van der Waals surface area (Å²) in [6.45, 7) is 2.85. The molecule has 0 amide bonds. The molecule has 3 aliphatic heterocycles. The fraction of sp³-hybridized carbons (Fsp3) is 0.385. The molecule has 3 aromatic rings. The predicted octanol–water partition coefficient (Wildman–Crippen LogP) is 4.95. The highest BCUT2D eigenvalue weighted by Crippen LogP contribution is 2.46. The fourth-order valence-corrected chi connectivity index (χ4v) is 6.72. The first-order valence-electron chi connectivity index (χ1n) is 11.1. The van der Waals surface area contributed by atoms with E-state index in [0.29, 0.717) is 6.04 Å². The van der Waals surface area contributed by atoms with E-state index in [9.17, 15) is 0 Å². The number of ether oxygens (including phenoxy) is 3.